The summed E-state index contributed by atoms with van der Waals surface area (Å²) in [7, 11) is 0. The van der Waals surface area contributed by atoms with Gasteiger partial charge in [-0.1, -0.05) is 30.3 Å². The molecule has 0 unspecified atom stereocenters. The Kier molecular flexibility index (Phi) is 3.61. The number of H-pyrrole nitrogens is 1. The van der Waals surface area contributed by atoms with Gasteiger partial charge in [-0.05, 0) is 10.8 Å². The summed E-state index contributed by atoms with van der Waals surface area (Å²) in [5, 5.41) is 21.5. The molecule has 1 aromatic carbocycles. The quantitative estimate of drug-likeness (QED) is 0.781. The zero-order valence-corrected chi connectivity index (χ0v) is 9.45. The Hall–Kier alpha value is -2.75. The van der Waals surface area contributed by atoms with E-state index in [-0.39, 0.29) is 12.4 Å². The summed E-state index contributed by atoms with van der Waals surface area (Å²) in [4.78, 5) is 13.4. The first-order valence-corrected chi connectivity index (χ1v) is 5.25. The molecule has 2 rings (SSSR count). The van der Waals surface area contributed by atoms with Crippen molar-refractivity contribution in [3.05, 3.63) is 41.7 Å². The van der Waals surface area contributed by atoms with E-state index in [0.717, 1.165) is 5.56 Å². The normalized spacial score (nSPS) is 9.72. The maximum absolute atomic E-state index is 12.0. The molecule has 0 atom stereocenters. The van der Waals surface area contributed by atoms with Crippen LogP contribution >= 0.6 is 0 Å². The first-order chi connectivity index (χ1) is 8.81. The lowest BCUT2D eigenvalue weighted by molar-refractivity contribution is 0.0752. The fourth-order valence-corrected chi connectivity index (χ4v) is 1.48. The lowest BCUT2D eigenvalue weighted by Gasteiger charge is -2.17. The Morgan fingerprint density at radius 1 is 1.39 bits per heavy atom. The van der Waals surface area contributed by atoms with Crippen LogP contribution in [0.25, 0.3) is 0 Å². The zero-order valence-electron chi connectivity index (χ0n) is 9.45. The Morgan fingerprint density at radius 3 is 2.78 bits per heavy atom. The van der Waals surface area contributed by atoms with E-state index in [2.05, 4.69) is 20.6 Å². The van der Waals surface area contributed by atoms with Crippen molar-refractivity contribution in [3.8, 4) is 6.07 Å². The molecule has 0 bridgehead atoms. The number of hydrogen-bond donors (Lipinski definition) is 1. The van der Waals surface area contributed by atoms with Gasteiger partial charge in [0.1, 0.15) is 6.54 Å². The molecule has 0 aliphatic carbocycles. The van der Waals surface area contributed by atoms with Gasteiger partial charge in [0.15, 0.2) is 0 Å². The maximum Gasteiger partial charge on any atom is 0.296 e. The molecule has 2 aromatic rings. The summed E-state index contributed by atoms with van der Waals surface area (Å²) >= 11 is 0. The third-order valence-electron chi connectivity index (χ3n) is 2.30. The van der Waals surface area contributed by atoms with Crippen LogP contribution in [0.5, 0.6) is 0 Å². The number of nitrogens with one attached hydrogen (secondary N) is 1. The second-order valence-corrected chi connectivity index (χ2v) is 3.54. The van der Waals surface area contributed by atoms with Gasteiger partial charge in [-0.3, -0.25) is 4.79 Å². The Bertz CT molecular complexity index is 545. The van der Waals surface area contributed by atoms with Crippen LogP contribution in [0.2, 0.25) is 0 Å². The summed E-state index contributed by atoms with van der Waals surface area (Å²) in [5.74, 6) is -0.463. The van der Waals surface area contributed by atoms with Crippen molar-refractivity contribution in [2.24, 2.45) is 0 Å². The van der Waals surface area contributed by atoms with Gasteiger partial charge in [0.25, 0.3) is 11.7 Å². The first-order valence-electron chi connectivity index (χ1n) is 5.25. The van der Waals surface area contributed by atoms with E-state index in [4.69, 9.17) is 5.26 Å². The SMILES string of the molecule is N#CCN(Cc1ccccc1)C(=O)c1nn[nH]n1. The number of amides is 1. The Morgan fingerprint density at radius 2 is 2.17 bits per heavy atom. The molecule has 1 aromatic heterocycles. The molecule has 0 fully saturated rings. The number of aromatic amines is 1. The highest BCUT2D eigenvalue weighted by molar-refractivity contribution is 5.90. The highest BCUT2D eigenvalue weighted by Gasteiger charge is 2.19. The van der Waals surface area contributed by atoms with Crippen molar-refractivity contribution >= 4 is 5.91 Å². The van der Waals surface area contributed by atoms with E-state index in [0.29, 0.717) is 6.54 Å². The minimum atomic E-state index is -0.422. The fourth-order valence-electron chi connectivity index (χ4n) is 1.48. The van der Waals surface area contributed by atoms with E-state index in [9.17, 15) is 4.79 Å². The molecule has 1 amide bonds. The van der Waals surface area contributed by atoms with E-state index >= 15 is 0 Å². The monoisotopic (exact) mass is 242 g/mol. The summed E-state index contributed by atoms with van der Waals surface area (Å²) in [6, 6.07) is 11.4. The maximum atomic E-state index is 12.0. The highest BCUT2D eigenvalue weighted by atomic mass is 16.2. The molecule has 0 saturated heterocycles. The minimum Gasteiger partial charge on any atom is -0.318 e. The van der Waals surface area contributed by atoms with Crippen LogP contribution in [0.15, 0.2) is 30.3 Å². The van der Waals surface area contributed by atoms with E-state index in [1.807, 2.05) is 36.4 Å². The topological polar surface area (TPSA) is 98.6 Å². The van der Waals surface area contributed by atoms with Gasteiger partial charge in [-0.15, -0.1) is 10.2 Å². The molecule has 0 spiro atoms. The smallest absolute Gasteiger partial charge is 0.296 e. The largest absolute Gasteiger partial charge is 0.318 e. The molecule has 90 valence electrons. The number of aromatic nitrogens is 4. The third-order valence-corrected chi connectivity index (χ3v) is 2.30. The molecule has 1 heterocycles. The molecule has 0 aliphatic rings. The van der Waals surface area contributed by atoms with Gasteiger partial charge < -0.3 is 4.90 Å². The molecule has 7 nitrogen and oxygen atoms in total. The number of hydrogen-bond acceptors (Lipinski definition) is 5. The van der Waals surface area contributed by atoms with Crippen LogP contribution in [0.4, 0.5) is 0 Å². The molecule has 18 heavy (non-hydrogen) atoms. The van der Waals surface area contributed by atoms with Gasteiger partial charge >= 0.3 is 0 Å². The molecule has 1 N–H and O–H groups in total. The molecule has 0 radical (unpaired) electrons. The number of carbonyl (C=O) groups is 1. The van der Waals surface area contributed by atoms with Crippen molar-refractivity contribution in [1.82, 2.24) is 25.5 Å². The lowest BCUT2D eigenvalue weighted by atomic mass is 10.2. The van der Waals surface area contributed by atoms with Crippen LogP contribution in [-0.2, 0) is 6.54 Å². The van der Waals surface area contributed by atoms with Crippen LogP contribution in [0.3, 0.4) is 0 Å². The van der Waals surface area contributed by atoms with Crippen LogP contribution in [0.1, 0.15) is 16.2 Å². The average Bonchev–Trinajstić information content (AvgIpc) is 2.92. The van der Waals surface area contributed by atoms with E-state index in [1.165, 1.54) is 4.90 Å². The van der Waals surface area contributed by atoms with Crippen LogP contribution < -0.4 is 0 Å². The molecular formula is C11H10N6O. The van der Waals surface area contributed by atoms with Crippen LogP contribution in [0, 0.1) is 11.3 Å². The number of nitriles is 1. The van der Waals surface area contributed by atoms with Gasteiger partial charge in [0, 0.05) is 6.54 Å². The minimum absolute atomic E-state index is 0.0255. The second-order valence-electron chi connectivity index (χ2n) is 3.54. The summed E-state index contributed by atoms with van der Waals surface area (Å²) in [6.45, 7) is 0.310. The number of carbonyl (C=O) groups excluding carboxylic acids is 1. The van der Waals surface area contributed by atoms with Crippen LogP contribution in [-0.4, -0.2) is 38.0 Å². The van der Waals surface area contributed by atoms with Crippen molar-refractivity contribution in [2.75, 3.05) is 6.54 Å². The van der Waals surface area contributed by atoms with Gasteiger partial charge in [-0.2, -0.15) is 10.5 Å². The standard InChI is InChI=1S/C11H10N6O/c12-6-7-17(8-9-4-2-1-3-5-9)11(18)10-13-15-16-14-10/h1-5H,7-8H2,(H,13,14,15,16). The van der Waals surface area contributed by atoms with Crippen molar-refractivity contribution in [2.45, 2.75) is 6.54 Å². The predicted octanol–water partition coefficient (Wildman–Crippen LogP) is 0.366. The number of benzene rings is 1. The Labute approximate surface area is 103 Å². The molecule has 0 aliphatic heterocycles. The number of tetrazole rings is 1. The molecule has 0 saturated carbocycles. The molecule has 7 heteroatoms. The molecular weight excluding hydrogens is 232 g/mol. The highest BCUT2D eigenvalue weighted by Crippen LogP contribution is 2.06. The van der Waals surface area contributed by atoms with Crippen molar-refractivity contribution in [1.29, 1.82) is 5.26 Å². The van der Waals surface area contributed by atoms with Gasteiger partial charge in [-0.25, -0.2) is 0 Å². The summed E-state index contributed by atoms with van der Waals surface area (Å²) in [5.41, 5.74) is 0.935. The predicted molar refractivity (Wildman–Crippen MR) is 61.0 cm³/mol. The van der Waals surface area contributed by atoms with Crippen molar-refractivity contribution < 1.29 is 4.79 Å². The van der Waals surface area contributed by atoms with E-state index < -0.39 is 5.91 Å². The summed E-state index contributed by atoms with van der Waals surface area (Å²) < 4.78 is 0. The second kappa shape index (κ2) is 5.54. The number of nitrogens with zero attached hydrogens (tertiary/aromatic N) is 5. The van der Waals surface area contributed by atoms with Crippen molar-refractivity contribution in [3.63, 3.8) is 0 Å². The Balaban J connectivity index is 2.14. The van der Waals surface area contributed by atoms with E-state index in [1.54, 1.807) is 0 Å². The third kappa shape index (κ3) is 2.68. The average molecular weight is 242 g/mol. The van der Waals surface area contributed by atoms with Gasteiger partial charge in [0.05, 0.1) is 6.07 Å². The zero-order chi connectivity index (χ0) is 12.8. The summed E-state index contributed by atoms with van der Waals surface area (Å²) in [6.07, 6.45) is 0. The van der Waals surface area contributed by atoms with Gasteiger partial charge in [0.2, 0.25) is 0 Å². The first kappa shape index (κ1) is 11.7. The number of rotatable bonds is 4. The lowest BCUT2D eigenvalue weighted by Crippen LogP contribution is -2.31. The fraction of sp³-hybridized carbons (Fsp3) is 0.182.